The fourth-order valence-corrected chi connectivity index (χ4v) is 2.24. The van der Waals surface area contributed by atoms with Crippen LogP contribution >= 0.6 is 0 Å². The van der Waals surface area contributed by atoms with E-state index < -0.39 is 0 Å². The maximum atomic E-state index is 6.45. The van der Waals surface area contributed by atoms with E-state index in [-0.39, 0.29) is 17.0 Å². The van der Waals surface area contributed by atoms with Crippen molar-refractivity contribution >= 4 is 0 Å². The van der Waals surface area contributed by atoms with Gasteiger partial charge in [0, 0.05) is 17.0 Å². The summed E-state index contributed by atoms with van der Waals surface area (Å²) in [6.07, 6.45) is 1.86. The Kier molecular flexibility index (Phi) is 7.98. The van der Waals surface area contributed by atoms with Crippen LogP contribution in [0, 0.1) is 5.41 Å². The van der Waals surface area contributed by atoms with Gasteiger partial charge >= 0.3 is 0 Å². The molecular formula is C14H32N2. The van der Waals surface area contributed by atoms with Crippen molar-refractivity contribution in [1.82, 2.24) is 0 Å². The summed E-state index contributed by atoms with van der Waals surface area (Å²) in [5.74, 6) is 0. The number of rotatable bonds is 5. The van der Waals surface area contributed by atoms with Crippen molar-refractivity contribution in [2.45, 2.75) is 72.9 Å². The highest BCUT2D eigenvalue weighted by molar-refractivity contribution is 5.21. The van der Waals surface area contributed by atoms with E-state index in [9.17, 15) is 0 Å². The SMILES string of the molecule is C=C(C)C(N)(CC)C(C)(CC)C(C)N.CC. The third kappa shape index (κ3) is 3.08. The summed E-state index contributed by atoms with van der Waals surface area (Å²) in [5.41, 5.74) is 13.1. The highest BCUT2D eigenvalue weighted by Gasteiger charge is 2.45. The maximum Gasteiger partial charge on any atom is 0.0430 e. The molecule has 98 valence electrons. The van der Waals surface area contributed by atoms with Gasteiger partial charge in [0.1, 0.15) is 0 Å². The van der Waals surface area contributed by atoms with E-state index >= 15 is 0 Å². The van der Waals surface area contributed by atoms with Crippen molar-refractivity contribution < 1.29 is 0 Å². The molecule has 0 aliphatic heterocycles. The molecule has 0 aliphatic rings. The first-order valence-electron chi connectivity index (χ1n) is 6.46. The van der Waals surface area contributed by atoms with Crippen LogP contribution < -0.4 is 11.5 Å². The zero-order valence-electron chi connectivity index (χ0n) is 12.4. The van der Waals surface area contributed by atoms with Crippen LogP contribution in [0.15, 0.2) is 12.2 Å². The van der Waals surface area contributed by atoms with Crippen LogP contribution in [-0.2, 0) is 0 Å². The Bertz CT molecular complexity index is 211. The lowest BCUT2D eigenvalue weighted by molar-refractivity contribution is 0.129. The molecule has 0 aliphatic carbocycles. The summed E-state index contributed by atoms with van der Waals surface area (Å²) in [6, 6.07) is 0.0779. The molecule has 0 aromatic rings. The van der Waals surface area contributed by atoms with E-state index in [2.05, 4.69) is 27.4 Å². The van der Waals surface area contributed by atoms with Gasteiger partial charge in [-0.15, -0.1) is 0 Å². The van der Waals surface area contributed by atoms with Gasteiger partial charge in [0.15, 0.2) is 0 Å². The van der Waals surface area contributed by atoms with E-state index in [4.69, 9.17) is 11.5 Å². The van der Waals surface area contributed by atoms with E-state index in [0.29, 0.717) is 0 Å². The van der Waals surface area contributed by atoms with Crippen LogP contribution in [0.4, 0.5) is 0 Å². The molecule has 0 fully saturated rings. The second kappa shape index (κ2) is 7.08. The lowest BCUT2D eigenvalue weighted by Gasteiger charge is -2.49. The molecule has 0 saturated heterocycles. The third-order valence-electron chi connectivity index (χ3n) is 4.08. The van der Waals surface area contributed by atoms with Gasteiger partial charge in [0.2, 0.25) is 0 Å². The Morgan fingerprint density at radius 1 is 1.25 bits per heavy atom. The lowest BCUT2D eigenvalue weighted by atomic mass is 9.61. The second-order valence-electron chi connectivity index (χ2n) is 4.66. The Morgan fingerprint density at radius 2 is 1.62 bits per heavy atom. The van der Waals surface area contributed by atoms with E-state index in [1.54, 1.807) is 0 Å². The van der Waals surface area contributed by atoms with Crippen molar-refractivity contribution in [3.05, 3.63) is 12.2 Å². The molecule has 0 aromatic carbocycles. The van der Waals surface area contributed by atoms with Crippen LogP contribution in [0.1, 0.15) is 61.3 Å². The van der Waals surface area contributed by atoms with Crippen LogP contribution in [0.3, 0.4) is 0 Å². The van der Waals surface area contributed by atoms with Crippen LogP contribution in [-0.4, -0.2) is 11.6 Å². The zero-order chi connectivity index (χ0) is 13.6. The number of hydrogen-bond acceptors (Lipinski definition) is 2. The average molecular weight is 228 g/mol. The molecule has 0 spiro atoms. The molecule has 3 atom stereocenters. The van der Waals surface area contributed by atoms with Gasteiger partial charge in [0.05, 0.1) is 0 Å². The number of nitrogens with two attached hydrogens (primary N) is 2. The monoisotopic (exact) mass is 228 g/mol. The quantitative estimate of drug-likeness (QED) is 0.708. The Labute approximate surface area is 102 Å². The minimum absolute atomic E-state index is 0.0758. The molecule has 0 rings (SSSR count). The second-order valence-corrected chi connectivity index (χ2v) is 4.66. The molecule has 3 unspecified atom stereocenters. The minimum Gasteiger partial charge on any atom is -0.327 e. The molecular weight excluding hydrogens is 196 g/mol. The molecule has 4 N–H and O–H groups in total. The van der Waals surface area contributed by atoms with Crippen molar-refractivity contribution in [3.8, 4) is 0 Å². The summed E-state index contributed by atoms with van der Waals surface area (Å²) in [6.45, 7) is 18.5. The average Bonchev–Trinajstić information content (AvgIpc) is 2.28. The van der Waals surface area contributed by atoms with Crippen LogP contribution in [0.5, 0.6) is 0 Å². The van der Waals surface area contributed by atoms with Crippen molar-refractivity contribution in [2.75, 3.05) is 0 Å². The van der Waals surface area contributed by atoms with Gasteiger partial charge in [-0.2, -0.15) is 0 Å². The number of hydrogen-bond donors (Lipinski definition) is 2. The van der Waals surface area contributed by atoms with Crippen LogP contribution in [0.2, 0.25) is 0 Å². The molecule has 0 heterocycles. The third-order valence-corrected chi connectivity index (χ3v) is 4.08. The molecule has 2 nitrogen and oxygen atoms in total. The smallest absolute Gasteiger partial charge is 0.0430 e. The molecule has 0 radical (unpaired) electrons. The molecule has 0 amide bonds. The topological polar surface area (TPSA) is 52.0 Å². The Hall–Kier alpha value is -0.340. The van der Waals surface area contributed by atoms with Gasteiger partial charge in [-0.3, -0.25) is 0 Å². The summed E-state index contributed by atoms with van der Waals surface area (Å²) in [5, 5.41) is 0. The van der Waals surface area contributed by atoms with Gasteiger partial charge in [-0.25, -0.2) is 0 Å². The maximum absolute atomic E-state index is 6.45. The summed E-state index contributed by atoms with van der Waals surface area (Å²) < 4.78 is 0. The van der Waals surface area contributed by atoms with Crippen molar-refractivity contribution in [3.63, 3.8) is 0 Å². The molecule has 0 aromatic heterocycles. The van der Waals surface area contributed by atoms with E-state index in [1.165, 1.54) is 0 Å². The molecule has 0 bridgehead atoms. The Balaban J connectivity index is 0. The zero-order valence-corrected chi connectivity index (χ0v) is 12.4. The van der Waals surface area contributed by atoms with E-state index in [0.717, 1.165) is 18.4 Å². The predicted octanol–water partition coefficient (Wildman–Crippen LogP) is 3.46. The largest absolute Gasteiger partial charge is 0.327 e. The van der Waals surface area contributed by atoms with Crippen molar-refractivity contribution in [1.29, 1.82) is 0 Å². The summed E-state index contributed by atoms with van der Waals surface area (Å²) in [7, 11) is 0. The summed E-state index contributed by atoms with van der Waals surface area (Å²) in [4.78, 5) is 0. The highest BCUT2D eigenvalue weighted by atomic mass is 14.8. The molecule has 0 saturated carbocycles. The van der Waals surface area contributed by atoms with Gasteiger partial charge in [-0.05, 0) is 26.7 Å². The minimum atomic E-state index is -0.351. The van der Waals surface area contributed by atoms with Gasteiger partial charge < -0.3 is 11.5 Å². The normalized spacial score (nSPS) is 19.8. The first-order valence-corrected chi connectivity index (χ1v) is 6.46. The lowest BCUT2D eigenvalue weighted by Crippen LogP contribution is -2.60. The first-order chi connectivity index (χ1) is 7.26. The van der Waals surface area contributed by atoms with Crippen LogP contribution in [0.25, 0.3) is 0 Å². The fraction of sp³-hybridized carbons (Fsp3) is 0.857. The van der Waals surface area contributed by atoms with E-state index in [1.807, 2.05) is 27.7 Å². The molecule has 16 heavy (non-hydrogen) atoms. The van der Waals surface area contributed by atoms with Gasteiger partial charge in [-0.1, -0.05) is 46.8 Å². The van der Waals surface area contributed by atoms with Gasteiger partial charge in [0.25, 0.3) is 0 Å². The molecule has 2 heteroatoms. The fourth-order valence-electron chi connectivity index (χ4n) is 2.24. The first kappa shape index (κ1) is 18.0. The predicted molar refractivity (Wildman–Crippen MR) is 75.4 cm³/mol. The standard InChI is InChI=1S/C12H26N2.C2H6/c1-7-11(6,10(5)13)12(14,8-2)9(3)4;1-2/h10H,3,7-8,13-14H2,1-2,4-6H3;1-2H3. The Morgan fingerprint density at radius 3 is 1.69 bits per heavy atom. The van der Waals surface area contributed by atoms with Crippen molar-refractivity contribution in [2.24, 2.45) is 16.9 Å². The highest BCUT2D eigenvalue weighted by Crippen LogP contribution is 2.41. The summed E-state index contributed by atoms with van der Waals surface area (Å²) >= 11 is 0.